The summed E-state index contributed by atoms with van der Waals surface area (Å²) in [4.78, 5) is 5.19. The largest absolute Gasteiger partial charge is 0.311 e. The number of benzene rings is 19. The van der Waals surface area contributed by atoms with Crippen molar-refractivity contribution in [1.29, 1.82) is 0 Å². The number of fused-ring (bicyclic) bond motifs is 11. The van der Waals surface area contributed by atoms with Gasteiger partial charge in [-0.3, -0.25) is 0 Å². The first kappa shape index (κ1) is 63.0. The third-order valence-corrected chi connectivity index (χ3v) is 23.4. The molecular weight excluding hydrogens is 1330 g/mol. The summed E-state index contributed by atoms with van der Waals surface area (Å²) >= 11 is 0. The molecule has 19 aromatic carbocycles. The molecule has 0 aliphatic carbocycles. The third-order valence-electron chi connectivity index (χ3n) is 23.4. The highest BCUT2D eigenvalue weighted by Gasteiger charge is 2.45. The van der Waals surface area contributed by atoms with Gasteiger partial charge in [-0.2, -0.15) is 0 Å². The van der Waals surface area contributed by atoms with Crippen molar-refractivity contribution in [2.24, 2.45) is 0 Å². The molecule has 110 heavy (non-hydrogen) atoms. The highest BCUT2D eigenvalue weighted by molar-refractivity contribution is 7.00. The van der Waals surface area contributed by atoms with E-state index in [4.69, 9.17) is 0 Å². The van der Waals surface area contributed by atoms with E-state index < -0.39 is 0 Å². The number of hydrogen-bond donors (Lipinski definition) is 0. The van der Waals surface area contributed by atoms with Gasteiger partial charge in [-0.05, 0) is 209 Å². The van der Waals surface area contributed by atoms with Crippen molar-refractivity contribution in [3.8, 4) is 94.7 Å². The molecule has 0 bridgehead atoms. The Morgan fingerprint density at radius 1 is 0.173 bits per heavy atom. The average Bonchev–Trinajstić information content (AvgIpc) is 0.871. The van der Waals surface area contributed by atoms with Crippen LogP contribution in [0.3, 0.4) is 0 Å². The third kappa shape index (κ3) is 10.1. The molecule has 22 rings (SSSR count). The highest BCUT2D eigenvalue weighted by atomic mass is 15.2. The summed E-state index contributed by atoms with van der Waals surface area (Å²) in [5, 5.41) is 12.2. The molecule has 0 saturated heterocycles. The molecule has 0 radical (unpaired) electrons. The van der Waals surface area contributed by atoms with E-state index in [1.54, 1.807) is 0 Å². The van der Waals surface area contributed by atoms with E-state index in [0.29, 0.717) is 0 Å². The van der Waals surface area contributed by atoms with Crippen LogP contribution < -0.4 is 26.2 Å². The Hall–Kier alpha value is -14.3. The molecular formula is C106H68BN3. The van der Waals surface area contributed by atoms with Gasteiger partial charge in [-0.25, -0.2) is 0 Å². The fraction of sp³-hybridized carbons (Fsp3) is 0. The molecule has 0 fully saturated rings. The van der Waals surface area contributed by atoms with Gasteiger partial charge in [0.1, 0.15) is 0 Å². The van der Waals surface area contributed by atoms with Gasteiger partial charge in [0.05, 0.1) is 16.7 Å². The normalized spacial score (nSPS) is 12.3. The zero-order valence-corrected chi connectivity index (χ0v) is 60.2. The molecule has 0 amide bonds. The van der Waals surface area contributed by atoms with Crippen molar-refractivity contribution in [2.75, 3.05) is 9.80 Å². The smallest absolute Gasteiger partial charge is 0.252 e. The van der Waals surface area contributed by atoms with Crippen LogP contribution in [0.1, 0.15) is 0 Å². The number of nitrogens with zero attached hydrogens (tertiary/aromatic N) is 3. The van der Waals surface area contributed by atoms with Crippen LogP contribution in [0.4, 0.5) is 34.1 Å². The maximum atomic E-state index is 2.60. The van der Waals surface area contributed by atoms with Gasteiger partial charge < -0.3 is 14.4 Å². The molecule has 4 heteroatoms. The standard InChI is InChI=1S/C106H68BN3/c1-5-33-80-69(25-1)29-21-47-92(80)88-41-13-9-37-84(88)73-53-59-77(60-54-73)108-102-63-57-75(86-39-11-15-43-90(86)94-49-23-31-71-27-3-7-35-82(71)94)65-98(102)107-99-66-76(87-40-12-16-44-91(87)95-50-24-32-72-28-4-8-36-83(72)95)58-64-103(99)109(105-68-79(67-104(108)106(105)107)110-100-51-19-17-45-96(100)97-46-18-20-52-101(97)110)78-61-55-74(56-62-78)85-38-10-14-42-89(85)93-48-22-30-70-26-2-6-34-81(70)93/h1-68H. The van der Waals surface area contributed by atoms with Crippen molar-refractivity contribution < 1.29 is 0 Å². The van der Waals surface area contributed by atoms with E-state index in [-0.39, 0.29) is 6.71 Å². The quantitative estimate of drug-likeness (QED) is 0.120. The zero-order chi connectivity index (χ0) is 72.3. The van der Waals surface area contributed by atoms with Crippen LogP contribution in [0.5, 0.6) is 0 Å². The number of hydrogen-bond acceptors (Lipinski definition) is 2. The molecule has 3 heterocycles. The molecule has 510 valence electrons. The van der Waals surface area contributed by atoms with Crippen LogP contribution >= 0.6 is 0 Å². The number of para-hydroxylation sites is 2. The summed E-state index contributed by atoms with van der Waals surface area (Å²) < 4.78 is 2.51. The molecule has 0 saturated carbocycles. The molecule has 0 N–H and O–H groups in total. The first-order valence-corrected chi connectivity index (χ1v) is 38.2. The molecule has 0 unspecified atom stereocenters. The van der Waals surface area contributed by atoms with Crippen molar-refractivity contribution in [3.05, 3.63) is 413 Å². The average molecular weight is 1390 g/mol. The van der Waals surface area contributed by atoms with Gasteiger partial charge in [0, 0.05) is 44.9 Å². The topological polar surface area (TPSA) is 11.4 Å². The summed E-state index contributed by atoms with van der Waals surface area (Å²) in [6, 6.07) is 154. The van der Waals surface area contributed by atoms with Crippen LogP contribution in [-0.2, 0) is 0 Å². The fourth-order valence-corrected chi connectivity index (χ4v) is 18.5. The van der Waals surface area contributed by atoms with Crippen LogP contribution in [0.15, 0.2) is 413 Å². The zero-order valence-electron chi connectivity index (χ0n) is 60.2. The van der Waals surface area contributed by atoms with Gasteiger partial charge >= 0.3 is 0 Å². The predicted octanol–water partition coefficient (Wildman–Crippen LogP) is 26.8. The Balaban J connectivity index is 0.819. The second kappa shape index (κ2) is 25.7. The molecule has 0 spiro atoms. The van der Waals surface area contributed by atoms with E-state index in [0.717, 1.165) is 73.1 Å². The van der Waals surface area contributed by atoms with Gasteiger partial charge in [-0.15, -0.1) is 0 Å². The lowest BCUT2D eigenvalue weighted by Gasteiger charge is -2.45. The van der Waals surface area contributed by atoms with Gasteiger partial charge in [0.2, 0.25) is 0 Å². The summed E-state index contributed by atoms with van der Waals surface area (Å²) in [7, 11) is 0. The van der Waals surface area contributed by atoms with E-state index in [1.807, 2.05) is 0 Å². The molecule has 20 aromatic rings. The number of anilines is 6. The molecule has 0 atom stereocenters. The summed E-state index contributed by atoms with van der Waals surface area (Å²) in [6.45, 7) is -0.266. The number of rotatable bonds is 11. The first-order valence-electron chi connectivity index (χ1n) is 38.2. The summed E-state index contributed by atoms with van der Waals surface area (Å²) in [5.41, 5.74) is 32.6. The monoisotopic (exact) mass is 1390 g/mol. The Morgan fingerprint density at radius 2 is 0.436 bits per heavy atom. The lowest BCUT2D eigenvalue weighted by molar-refractivity contribution is 1.16. The van der Waals surface area contributed by atoms with Crippen molar-refractivity contribution >= 4 is 122 Å². The van der Waals surface area contributed by atoms with Crippen LogP contribution in [0.2, 0.25) is 0 Å². The lowest BCUT2D eigenvalue weighted by Crippen LogP contribution is -2.61. The van der Waals surface area contributed by atoms with E-state index in [1.165, 1.54) is 137 Å². The molecule has 2 aliphatic rings. The molecule has 3 nitrogen and oxygen atoms in total. The maximum Gasteiger partial charge on any atom is 0.252 e. The van der Waals surface area contributed by atoms with Gasteiger partial charge in [0.15, 0.2) is 0 Å². The minimum atomic E-state index is -0.266. The van der Waals surface area contributed by atoms with Gasteiger partial charge in [-0.1, -0.05) is 352 Å². The van der Waals surface area contributed by atoms with Crippen LogP contribution in [-0.4, -0.2) is 11.3 Å². The summed E-state index contributed by atoms with van der Waals surface area (Å²) in [6.07, 6.45) is 0. The Labute approximate surface area is 639 Å². The Morgan fingerprint density at radius 3 is 0.782 bits per heavy atom. The van der Waals surface area contributed by atoms with E-state index in [2.05, 4.69) is 427 Å². The van der Waals surface area contributed by atoms with Crippen LogP contribution in [0.25, 0.3) is 160 Å². The summed E-state index contributed by atoms with van der Waals surface area (Å²) in [5.74, 6) is 0. The maximum absolute atomic E-state index is 2.60. The first-order chi connectivity index (χ1) is 54.6. The molecule has 1 aromatic heterocycles. The minimum absolute atomic E-state index is 0.266. The fourth-order valence-electron chi connectivity index (χ4n) is 18.5. The second-order valence-electron chi connectivity index (χ2n) is 29.3. The minimum Gasteiger partial charge on any atom is -0.311 e. The SMILES string of the molecule is c1ccc(-c2cccc3ccccc23)c(-c2ccc(N3c4ccc(-c5ccccc5-c5cccc6ccccc56)cc4B4c5cc(-c6ccccc6-c6cccc7ccccc67)ccc5N(c5ccc(-c6ccccc6-c6cccc7ccccc67)cc5)c5cc(-n6c7ccccc7c7ccccc76)cc3c54)cc2)c1. The van der Waals surface area contributed by atoms with Crippen molar-refractivity contribution in [2.45, 2.75) is 0 Å². The molecule has 2 aliphatic heterocycles. The second-order valence-corrected chi connectivity index (χ2v) is 29.3. The highest BCUT2D eigenvalue weighted by Crippen LogP contribution is 2.50. The Bertz CT molecular complexity index is 6690. The van der Waals surface area contributed by atoms with E-state index in [9.17, 15) is 0 Å². The van der Waals surface area contributed by atoms with Gasteiger partial charge in [0.25, 0.3) is 6.71 Å². The Kier molecular flexibility index (Phi) is 14.7. The number of aromatic nitrogens is 1. The van der Waals surface area contributed by atoms with E-state index >= 15 is 0 Å². The van der Waals surface area contributed by atoms with Crippen molar-refractivity contribution in [1.82, 2.24) is 4.57 Å². The van der Waals surface area contributed by atoms with Crippen molar-refractivity contribution in [3.63, 3.8) is 0 Å². The van der Waals surface area contributed by atoms with Crippen LogP contribution in [0, 0.1) is 0 Å². The lowest BCUT2D eigenvalue weighted by atomic mass is 9.33. The predicted molar refractivity (Wildman–Crippen MR) is 468 cm³/mol.